The Morgan fingerprint density at radius 1 is 1.11 bits per heavy atom. The summed E-state index contributed by atoms with van der Waals surface area (Å²) in [6, 6.07) is 16.2. The van der Waals surface area contributed by atoms with Gasteiger partial charge in [-0.3, -0.25) is 4.79 Å². The Kier molecular flexibility index (Phi) is 4.77. The van der Waals surface area contributed by atoms with Crippen LogP contribution in [0.3, 0.4) is 0 Å². The maximum atomic E-state index is 12.0. The lowest BCUT2D eigenvalue weighted by Gasteiger charge is -2.14. The van der Waals surface area contributed by atoms with Gasteiger partial charge in [0.25, 0.3) is 5.91 Å². The van der Waals surface area contributed by atoms with Crippen LogP contribution >= 0.6 is 22.9 Å². The number of aryl methyl sites for hydroxylation is 2. The summed E-state index contributed by atoms with van der Waals surface area (Å²) in [6.07, 6.45) is 0. The van der Waals surface area contributed by atoms with Gasteiger partial charge in [-0.05, 0) is 67.1 Å². The first-order chi connectivity index (χ1) is 13.4. The van der Waals surface area contributed by atoms with Crippen molar-refractivity contribution in [3.05, 3.63) is 81.5 Å². The Morgan fingerprint density at radius 2 is 1.86 bits per heavy atom. The molecule has 2 aromatic heterocycles. The van der Waals surface area contributed by atoms with Gasteiger partial charge in [0, 0.05) is 22.0 Å². The highest BCUT2D eigenvalue weighted by Crippen LogP contribution is 2.40. The zero-order chi connectivity index (χ0) is 20.0. The predicted molar refractivity (Wildman–Crippen MR) is 119 cm³/mol. The molecule has 0 aliphatic heterocycles. The van der Waals surface area contributed by atoms with E-state index in [9.17, 15) is 4.79 Å². The van der Waals surface area contributed by atoms with Crippen molar-refractivity contribution in [2.45, 2.75) is 27.3 Å². The largest absolute Gasteiger partial charge is 0.366 e. The van der Waals surface area contributed by atoms with Crippen LogP contribution in [0.25, 0.3) is 20.7 Å². The summed E-state index contributed by atoms with van der Waals surface area (Å²) < 4.78 is 3.38. The summed E-state index contributed by atoms with van der Waals surface area (Å²) in [5.74, 6) is -0.399. The van der Waals surface area contributed by atoms with E-state index >= 15 is 0 Å². The number of hydrogen-bond donors (Lipinski definition) is 1. The number of thiophene rings is 1. The average Bonchev–Trinajstić information content (AvgIpc) is 3.15. The van der Waals surface area contributed by atoms with E-state index in [4.69, 9.17) is 17.3 Å². The number of hydrogen-bond acceptors (Lipinski definition) is 2. The fourth-order valence-electron chi connectivity index (χ4n) is 3.68. The highest BCUT2D eigenvalue weighted by molar-refractivity contribution is 7.22. The van der Waals surface area contributed by atoms with Gasteiger partial charge < -0.3 is 10.3 Å². The molecule has 28 heavy (non-hydrogen) atoms. The smallest absolute Gasteiger partial charge is 0.250 e. The van der Waals surface area contributed by atoms with Crippen LogP contribution in [0.2, 0.25) is 5.02 Å². The monoisotopic (exact) mass is 408 g/mol. The molecule has 0 saturated heterocycles. The Labute approximate surface area is 173 Å². The van der Waals surface area contributed by atoms with Crippen molar-refractivity contribution >= 4 is 38.9 Å². The molecular formula is C23H21ClN2OS. The van der Waals surface area contributed by atoms with Crippen LogP contribution in [0.5, 0.6) is 0 Å². The zero-order valence-electron chi connectivity index (χ0n) is 16.0. The van der Waals surface area contributed by atoms with Crippen LogP contribution in [0.4, 0.5) is 0 Å². The zero-order valence-corrected chi connectivity index (χ0v) is 17.6. The number of rotatable bonds is 4. The second-order valence-electron chi connectivity index (χ2n) is 7.10. The second-order valence-corrected chi connectivity index (χ2v) is 8.59. The molecule has 0 fully saturated rings. The molecule has 142 valence electrons. The molecule has 3 nitrogen and oxygen atoms in total. The summed E-state index contributed by atoms with van der Waals surface area (Å²) in [6.45, 7) is 6.86. The van der Waals surface area contributed by atoms with Crippen molar-refractivity contribution in [3.8, 4) is 10.6 Å². The molecule has 0 aliphatic rings. The van der Waals surface area contributed by atoms with Crippen molar-refractivity contribution in [1.82, 2.24) is 4.57 Å². The highest BCUT2D eigenvalue weighted by atomic mass is 35.5. The molecule has 0 aliphatic carbocycles. The first-order valence-electron chi connectivity index (χ1n) is 9.10. The topological polar surface area (TPSA) is 48.0 Å². The van der Waals surface area contributed by atoms with Gasteiger partial charge in [0.1, 0.15) is 0 Å². The summed E-state index contributed by atoms with van der Waals surface area (Å²) in [4.78, 5) is 13.2. The second kappa shape index (κ2) is 7.12. The Balaban J connectivity index is 1.94. The van der Waals surface area contributed by atoms with Gasteiger partial charge in [-0.2, -0.15) is 0 Å². The van der Waals surface area contributed by atoms with E-state index in [0.29, 0.717) is 12.1 Å². The fourth-order valence-corrected chi connectivity index (χ4v) is 5.07. The van der Waals surface area contributed by atoms with E-state index in [1.807, 2.05) is 37.3 Å². The first-order valence-corrected chi connectivity index (χ1v) is 10.3. The molecule has 0 bridgehead atoms. The number of benzene rings is 2. The van der Waals surface area contributed by atoms with E-state index in [0.717, 1.165) is 26.7 Å². The van der Waals surface area contributed by atoms with E-state index in [1.165, 1.54) is 21.4 Å². The van der Waals surface area contributed by atoms with Crippen LogP contribution in [0.15, 0.2) is 48.5 Å². The number of nitrogens with two attached hydrogens (primary N) is 1. The Morgan fingerprint density at radius 3 is 2.57 bits per heavy atom. The van der Waals surface area contributed by atoms with Crippen LogP contribution in [0.1, 0.15) is 32.7 Å². The summed E-state index contributed by atoms with van der Waals surface area (Å²) in [5.41, 5.74) is 11.8. The lowest BCUT2D eigenvalue weighted by molar-refractivity contribution is 0.0999. The lowest BCUT2D eigenvalue weighted by atomic mass is 10.1. The van der Waals surface area contributed by atoms with Crippen molar-refractivity contribution in [3.63, 3.8) is 0 Å². The third-order valence-electron chi connectivity index (χ3n) is 5.35. The Bertz CT molecular complexity index is 1220. The summed E-state index contributed by atoms with van der Waals surface area (Å²) in [5, 5.41) is 1.87. The molecule has 0 atom stereocenters. The molecule has 1 amide bonds. The van der Waals surface area contributed by atoms with Crippen LogP contribution in [0, 0.1) is 20.8 Å². The van der Waals surface area contributed by atoms with E-state index in [-0.39, 0.29) is 0 Å². The number of amides is 1. The van der Waals surface area contributed by atoms with E-state index < -0.39 is 5.91 Å². The Hall–Kier alpha value is -2.56. The predicted octanol–water partition coefficient (Wildman–Crippen LogP) is 6.10. The van der Waals surface area contributed by atoms with Gasteiger partial charge in [0.2, 0.25) is 0 Å². The molecule has 0 unspecified atom stereocenters. The van der Waals surface area contributed by atoms with Gasteiger partial charge in [0.15, 0.2) is 0 Å². The van der Waals surface area contributed by atoms with Crippen molar-refractivity contribution < 1.29 is 4.79 Å². The van der Waals surface area contributed by atoms with Crippen LogP contribution in [-0.4, -0.2) is 10.5 Å². The molecule has 5 heteroatoms. The molecule has 4 rings (SSSR count). The maximum Gasteiger partial charge on any atom is 0.250 e. The SMILES string of the molecule is Cc1ccccc1Cn1c(-c2sc3ccc(Cl)cc3c2C)cc(C(N)=O)c1C. The molecule has 0 saturated carbocycles. The normalized spacial score (nSPS) is 11.3. The van der Waals surface area contributed by atoms with Crippen molar-refractivity contribution in [2.24, 2.45) is 5.73 Å². The number of fused-ring (bicyclic) bond motifs is 1. The minimum Gasteiger partial charge on any atom is -0.366 e. The molecule has 2 aromatic carbocycles. The minimum absolute atomic E-state index is 0.399. The maximum absolute atomic E-state index is 12.0. The average molecular weight is 409 g/mol. The highest BCUT2D eigenvalue weighted by Gasteiger charge is 2.21. The molecular weight excluding hydrogens is 388 g/mol. The number of carbonyl (C=O) groups excluding carboxylic acids is 1. The van der Waals surface area contributed by atoms with Gasteiger partial charge in [-0.15, -0.1) is 11.3 Å². The van der Waals surface area contributed by atoms with Gasteiger partial charge >= 0.3 is 0 Å². The van der Waals surface area contributed by atoms with Gasteiger partial charge in [-0.1, -0.05) is 35.9 Å². The molecule has 2 N–H and O–H groups in total. The van der Waals surface area contributed by atoms with Crippen molar-refractivity contribution in [1.29, 1.82) is 0 Å². The fraction of sp³-hybridized carbons (Fsp3) is 0.174. The standard InChI is InChI=1S/C23H21ClN2OS/c1-13-6-4-5-7-16(13)12-26-15(3)19(23(25)27)11-20(26)22-14(2)18-10-17(24)8-9-21(18)28-22/h4-11H,12H2,1-3H3,(H2,25,27). The molecule has 0 radical (unpaired) electrons. The van der Waals surface area contributed by atoms with Crippen LogP contribution < -0.4 is 5.73 Å². The third-order valence-corrected chi connectivity index (χ3v) is 6.88. The lowest BCUT2D eigenvalue weighted by Crippen LogP contribution is -2.13. The third kappa shape index (κ3) is 3.13. The van der Waals surface area contributed by atoms with Crippen molar-refractivity contribution in [2.75, 3.05) is 0 Å². The molecule has 4 aromatic rings. The molecule has 0 spiro atoms. The number of primary amides is 1. The van der Waals surface area contributed by atoms with E-state index in [1.54, 1.807) is 11.3 Å². The number of aromatic nitrogens is 1. The summed E-state index contributed by atoms with van der Waals surface area (Å²) >= 11 is 7.93. The van der Waals surface area contributed by atoms with Gasteiger partial charge in [0.05, 0.1) is 16.1 Å². The first kappa shape index (κ1) is 18.8. The molecule has 2 heterocycles. The minimum atomic E-state index is -0.399. The van der Waals surface area contributed by atoms with E-state index in [2.05, 4.69) is 36.6 Å². The number of nitrogens with zero attached hydrogens (tertiary/aromatic N) is 1. The van der Waals surface area contributed by atoms with Gasteiger partial charge in [-0.25, -0.2) is 0 Å². The number of halogens is 1. The quantitative estimate of drug-likeness (QED) is 0.436. The van der Waals surface area contributed by atoms with Crippen LogP contribution in [-0.2, 0) is 6.54 Å². The summed E-state index contributed by atoms with van der Waals surface area (Å²) in [7, 11) is 0. The number of carbonyl (C=O) groups is 1.